The summed E-state index contributed by atoms with van der Waals surface area (Å²) in [5.74, 6) is 1.82. The van der Waals surface area contributed by atoms with Crippen molar-refractivity contribution < 1.29 is 0 Å². The monoisotopic (exact) mass is 404 g/mol. The maximum atomic E-state index is 4.87. The average molecular weight is 405 g/mol. The van der Waals surface area contributed by atoms with Gasteiger partial charge in [0.2, 0.25) is 0 Å². The Bertz CT molecular complexity index is 1100. The first kappa shape index (κ1) is 20.9. The highest BCUT2D eigenvalue weighted by Crippen LogP contribution is 2.44. The lowest BCUT2D eigenvalue weighted by molar-refractivity contribution is 0.590. The van der Waals surface area contributed by atoms with Crippen molar-refractivity contribution in [3.05, 3.63) is 51.3 Å². The van der Waals surface area contributed by atoms with E-state index in [1.165, 1.54) is 46.6 Å². The summed E-state index contributed by atoms with van der Waals surface area (Å²) >= 11 is 0. The molecule has 0 radical (unpaired) electrons. The van der Waals surface area contributed by atoms with E-state index in [1.807, 2.05) is 0 Å². The third-order valence-electron chi connectivity index (χ3n) is 7.11. The summed E-state index contributed by atoms with van der Waals surface area (Å²) < 4.78 is 2.09. The Morgan fingerprint density at radius 1 is 1.03 bits per heavy atom. The van der Waals surface area contributed by atoms with Crippen molar-refractivity contribution in [3.8, 4) is 0 Å². The second-order valence-electron chi connectivity index (χ2n) is 9.22. The molecule has 1 aliphatic rings. The molecule has 0 saturated carbocycles. The Labute approximate surface area is 181 Å². The fourth-order valence-electron chi connectivity index (χ4n) is 5.69. The number of anilines is 2. The number of aryl methyl sites for hydroxylation is 4. The van der Waals surface area contributed by atoms with Gasteiger partial charge in [0.1, 0.15) is 5.82 Å². The van der Waals surface area contributed by atoms with Crippen molar-refractivity contribution in [2.24, 2.45) is 0 Å². The maximum absolute atomic E-state index is 4.87. The lowest BCUT2D eigenvalue weighted by Crippen LogP contribution is -2.37. The first-order valence-electron chi connectivity index (χ1n) is 11.5. The molecule has 3 heterocycles. The minimum atomic E-state index is 0.418. The van der Waals surface area contributed by atoms with Crippen LogP contribution in [0, 0.1) is 34.6 Å². The van der Waals surface area contributed by atoms with Crippen LogP contribution in [-0.2, 0) is 6.42 Å². The van der Waals surface area contributed by atoms with E-state index >= 15 is 0 Å². The number of aromatic nitrogens is 3. The lowest BCUT2D eigenvalue weighted by Gasteiger charge is -2.40. The minimum Gasteiger partial charge on any atom is -0.323 e. The van der Waals surface area contributed by atoms with Gasteiger partial charge in [-0.05, 0) is 95.4 Å². The second kappa shape index (κ2) is 7.72. The van der Waals surface area contributed by atoms with Gasteiger partial charge in [0, 0.05) is 29.1 Å². The van der Waals surface area contributed by atoms with Crippen molar-refractivity contribution in [2.75, 3.05) is 4.90 Å². The molecule has 0 saturated heterocycles. The number of hydrogen-bond acceptors (Lipinski definition) is 3. The van der Waals surface area contributed by atoms with Crippen molar-refractivity contribution in [1.82, 2.24) is 14.6 Å². The summed E-state index contributed by atoms with van der Waals surface area (Å²) in [6.07, 6.45) is 4.55. The summed E-state index contributed by atoms with van der Waals surface area (Å²) in [4.78, 5) is 7.44. The van der Waals surface area contributed by atoms with Crippen molar-refractivity contribution in [3.63, 3.8) is 0 Å². The molecule has 0 N–H and O–H groups in total. The van der Waals surface area contributed by atoms with E-state index in [4.69, 9.17) is 10.1 Å². The van der Waals surface area contributed by atoms with E-state index < -0.39 is 0 Å². The molecule has 1 aromatic carbocycles. The summed E-state index contributed by atoms with van der Waals surface area (Å²) in [5, 5.41) is 4.86. The SMILES string of the molecule is CCC(CC)c1c(C)cc(C)c(N2c3c(c(C)nc4cc(C)nn34)CCC2C)c1C. The number of rotatable bonds is 4. The highest BCUT2D eigenvalue weighted by molar-refractivity contribution is 5.75. The molecule has 1 atom stereocenters. The highest BCUT2D eigenvalue weighted by Gasteiger charge is 2.32. The van der Waals surface area contributed by atoms with E-state index in [9.17, 15) is 0 Å². The first-order chi connectivity index (χ1) is 14.3. The predicted molar refractivity (Wildman–Crippen MR) is 126 cm³/mol. The van der Waals surface area contributed by atoms with Gasteiger partial charge in [-0.15, -0.1) is 0 Å². The molecule has 0 bridgehead atoms. The Balaban J connectivity index is 2.04. The molecule has 0 fully saturated rings. The van der Waals surface area contributed by atoms with Gasteiger partial charge in [0.25, 0.3) is 0 Å². The normalized spacial score (nSPS) is 16.6. The summed E-state index contributed by atoms with van der Waals surface area (Å²) in [6.45, 7) is 18.1. The van der Waals surface area contributed by atoms with Gasteiger partial charge >= 0.3 is 0 Å². The zero-order valence-corrected chi connectivity index (χ0v) is 19.9. The molecule has 4 heteroatoms. The van der Waals surface area contributed by atoms with Gasteiger partial charge in [-0.1, -0.05) is 19.9 Å². The molecule has 160 valence electrons. The zero-order chi connectivity index (χ0) is 21.7. The number of hydrogen-bond donors (Lipinski definition) is 0. The Kier molecular flexibility index (Phi) is 5.37. The Hall–Kier alpha value is -2.36. The molecule has 0 amide bonds. The third-order valence-corrected chi connectivity index (χ3v) is 7.11. The van der Waals surface area contributed by atoms with Crippen LogP contribution in [0.4, 0.5) is 11.5 Å². The molecule has 4 rings (SSSR count). The van der Waals surface area contributed by atoms with Crippen LogP contribution < -0.4 is 4.90 Å². The van der Waals surface area contributed by atoms with Crippen LogP contribution in [0.1, 0.15) is 85.2 Å². The van der Waals surface area contributed by atoms with Crippen LogP contribution in [0.15, 0.2) is 12.1 Å². The Morgan fingerprint density at radius 2 is 1.73 bits per heavy atom. The molecular weight excluding hydrogens is 368 g/mol. The third kappa shape index (κ3) is 3.12. The molecule has 0 aliphatic carbocycles. The van der Waals surface area contributed by atoms with Crippen LogP contribution in [0.5, 0.6) is 0 Å². The zero-order valence-electron chi connectivity index (χ0n) is 19.9. The molecule has 30 heavy (non-hydrogen) atoms. The summed E-state index contributed by atoms with van der Waals surface area (Å²) in [7, 11) is 0. The molecule has 4 nitrogen and oxygen atoms in total. The van der Waals surface area contributed by atoms with Gasteiger partial charge in [-0.3, -0.25) is 0 Å². The largest absolute Gasteiger partial charge is 0.323 e. The smallest absolute Gasteiger partial charge is 0.157 e. The standard InChI is InChI=1S/C26H36N4/c1-9-21(10-2)24-15(3)13-16(4)25(19(24)7)29-18(6)11-12-22-20(8)27-23-14-17(5)28-30(23)26(22)29/h13-14,18,21H,9-12H2,1-8H3. The van der Waals surface area contributed by atoms with Crippen molar-refractivity contribution >= 4 is 17.2 Å². The van der Waals surface area contributed by atoms with Crippen LogP contribution in [0.25, 0.3) is 5.65 Å². The van der Waals surface area contributed by atoms with Crippen LogP contribution in [0.3, 0.4) is 0 Å². The number of nitrogens with zero attached hydrogens (tertiary/aromatic N) is 4. The summed E-state index contributed by atoms with van der Waals surface area (Å²) in [6, 6.07) is 4.91. The highest BCUT2D eigenvalue weighted by atomic mass is 15.4. The van der Waals surface area contributed by atoms with E-state index in [-0.39, 0.29) is 0 Å². The minimum absolute atomic E-state index is 0.418. The van der Waals surface area contributed by atoms with Crippen LogP contribution in [0.2, 0.25) is 0 Å². The van der Waals surface area contributed by atoms with Gasteiger partial charge in [0.15, 0.2) is 5.65 Å². The van der Waals surface area contributed by atoms with E-state index in [2.05, 4.69) is 76.9 Å². The van der Waals surface area contributed by atoms with Crippen LogP contribution in [-0.4, -0.2) is 20.6 Å². The summed E-state index contributed by atoms with van der Waals surface area (Å²) in [5.41, 5.74) is 11.6. The molecule has 2 aromatic heterocycles. The van der Waals surface area contributed by atoms with E-state index in [0.717, 1.165) is 29.9 Å². The fourth-order valence-corrected chi connectivity index (χ4v) is 5.69. The Morgan fingerprint density at radius 3 is 2.40 bits per heavy atom. The lowest BCUT2D eigenvalue weighted by atomic mass is 9.84. The molecule has 1 aliphatic heterocycles. The van der Waals surface area contributed by atoms with Crippen LogP contribution >= 0.6 is 0 Å². The predicted octanol–water partition coefficient (Wildman–Crippen LogP) is 6.65. The molecule has 1 unspecified atom stereocenters. The van der Waals surface area contributed by atoms with E-state index in [1.54, 1.807) is 5.56 Å². The van der Waals surface area contributed by atoms with Crippen molar-refractivity contribution in [2.45, 2.75) is 93.0 Å². The van der Waals surface area contributed by atoms with E-state index in [0.29, 0.717) is 12.0 Å². The van der Waals surface area contributed by atoms with Crippen molar-refractivity contribution in [1.29, 1.82) is 0 Å². The molecule has 0 spiro atoms. The average Bonchev–Trinajstić information content (AvgIpc) is 3.06. The molecule has 3 aromatic rings. The first-order valence-corrected chi connectivity index (χ1v) is 11.5. The topological polar surface area (TPSA) is 33.4 Å². The van der Waals surface area contributed by atoms with Gasteiger partial charge in [-0.2, -0.15) is 9.61 Å². The maximum Gasteiger partial charge on any atom is 0.157 e. The van der Waals surface area contributed by atoms with Gasteiger partial charge in [-0.25, -0.2) is 4.98 Å². The number of fused-ring (bicyclic) bond motifs is 3. The van der Waals surface area contributed by atoms with Gasteiger partial charge < -0.3 is 4.90 Å². The fraction of sp³-hybridized carbons (Fsp3) is 0.538. The second-order valence-corrected chi connectivity index (χ2v) is 9.22. The molecular formula is C26H36N4. The van der Waals surface area contributed by atoms with Gasteiger partial charge in [0.05, 0.1) is 5.69 Å². The number of benzene rings is 1. The quantitative estimate of drug-likeness (QED) is 0.488.